The number of hydrogen-bond donors (Lipinski definition) is 2. The number of nitrogens with zero attached hydrogens (tertiary/aromatic N) is 2. The first kappa shape index (κ1) is 41.3. The molecule has 0 spiro atoms. The summed E-state index contributed by atoms with van der Waals surface area (Å²) in [7, 11) is 2.77. The van der Waals surface area contributed by atoms with Crippen molar-refractivity contribution >= 4 is 58.3 Å². The van der Waals surface area contributed by atoms with Crippen LogP contribution in [-0.4, -0.2) is 46.1 Å². The summed E-state index contributed by atoms with van der Waals surface area (Å²) in [5.41, 5.74) is 17.2. The number of esters is 2. The Hall–Kier alpha value is -8.10. The van der Waals surface area contributed by atoms with Crippen LogP contribution in [0.5, 0.6) is 0 Å². The molecule has 7 aromatic rings. The van der Waals surface area contributed by atoms with Gasteiger partial charge in [0, 0.05) is 44.3 Å². The predicted octanol–water partition coefficient (Wildman–Crippen LogP) is 13.1. The lowest BCUT2D eigenvalue weighted by Crippen LogP contribution is -2.00. The molecule has 64 heavy (non-hydrogen) atoms. The molecule has 8 nitrogen and oxygen atoms in total. The Morgan fingerprint density at radius 1 is 0.453 bits per heavy atom. The fourth-order valence-electron chi connectivity index (χ4n) is 8.42. The maximum atomic E-state index is 12.5. The van der Waals surface area contributed by atoms with Gasteiger partial charge in [-0.2, -0.15) is 0 Å². The van der Waals surface area contributed by atoms with Gasteiger partial charge in [0.05, 0.1) is 48.1 Å². The summed E-state index contributed by atoms with van der Waals surface area (Å²) in [5, 5.41) is 0. The lowest BCUT2D eigenvalue weighted by Gasteiger charge is -2.08. The number of ether oxygens (including phenoxy) is 2. The minimum atomic E-state index is -0.402. The Labute approximate surface area is 372 Å². The van der Waals surface area contributed by atoms with Crippen molar-refractivity contribution in [3.63, 3.8) is 0 Å². The van der Waals surface area contributed by atoms with Crippen LogP contribution in [0.1, 0.15) is 67.5 Å². The van der Waals surface area contributed by atoms with E-state index in [4.69, 9.17) is 19.4 Å². The number of hydrogen-bond acceptors (Lipinski definition) is 6. The van der Waals surface area contributed by atoms with Gasteiger partial charge in [0.2, 0.25) is 0 Å². The summed E-state index contributed by atoms with van der Waals surface area (Å²) in [6.45, 7) is 7.82. The highest BCUT2D eigenvalue weighted by atomic mass is 16.5. The van der Waals surface area contributed by atoms with Crippen molar-refractivity contribution in [2.45, 2.75) is 25.7 Å². The minimum absolute atomic E-state index is 0.402. The van der Waals surface area contributed by atoms with Crippen LogP contribution >= 0.6 is 0 Å². The van der Waals surface area contributed by atoms with Crippen LogP contribution in [0, 0.1) is 0 Å². The summed E-state index contributed by atoms with van der Waals surface area (Å²) < 4.78 is 10.1. The van der Waals surface area contributed by atoms with Gasteiger partial charge in [-0.3, -0.25) is 0 Å². The minimum Gasteiger partial charge on any atom is -0.465 e. The third-order valence-corrected chi connectivity index (χ3v) is 11.7. The predicted molar refractivity (Wildman–Crippen MR) is 260 cm³/mol. The first-order valence-corrected chi connectivity index (χ1v) is 21.3. The summed E-state index contributed by atoms with van der Waals surface area (Å²) in [4.78, 5) is 43.4. The van der Waals surface area contributed by atoms with Crippen LogP contribution in [0.3, 0.4) is 0 Å². The molecule has 2 aliphatic heterocycles. The van der Waals surface area contributed by atoms with Crippen molar-refractivity contribution in [3.05, 3.63) is 192 Å². The number of carbonyl (C=O) groups excluding carboxylic acids is 2. The van der Waals surface area contributed by atoms with Crippen molar-refractivity contribution in [1.82, 2.24) is 19.9 Å². The number of fused-ring (bicyclic) bond motifs is 8. The van der Waals surface area contributed by atoms with Gasteiger partial charge in [-0.05, 0) is 132 Å². The van der Waals surface area contributed by atoms with Gasteiger partial charge >= 0.3 is 11.9 Å². The van der Waals surface area contributed by atoms with Gasteiger partial charge in [0.1, 0.15) is 0 Å². The molecule has 0 unspecified atom stereocenters. The third-order valence-electron chi connectivity index (χ3n) is 11.7. The van der Waals surface area contributed by atoms with E-state index < -0.39 is 11.9 Å². The van der Waals surface area contributed by atoms with Crippen molar-refractivity contribution in [1.29, 1.82) is 0 Å². The zero-order valence-electron chi connectivity index (χ0n) is 35.8. The van der Waals surface area contributed by atoms with Gasteiger partial charge in [0.25, 0.3) is 0 Å². The fraction of sp³-hybridized carbons (Fsp3) is 0.107. The highest BCUT2D eigenvalue weighted by Gasteiger charge is 2.20. The molecule has 314 valence electrons. The molecule has 5 heterocycles. The molecule has 9 rings (SSSR count). The highest BCUT2D eigenvalue weighted by molar-refractivity contribution is 6.00. The average molecular weight is 839 g/mol. The standard InChI is InChI=1S/C56H46N4O4/c1-5-7-9-35-11-15-37(16-12-35)51-43-27-31-47(57-43)53(39-19-23-41(24-20-39)55(61)63-3)49-33-29-45(59-49)52(38-17-13-36(14-18-38)10-8-6-2)46-30-34-50(60-46)54(48-32-28-44(51)58-48)40-21-25-42(26-22-40)56(62)64-4/h5-6,11-34,57,60H,1-2,7-10H2,3-4H3. The SMILES string of the molecule is C=CCCc1ccc(-c2c3nc(c(-c4ccc(C(=O)OC)cc4)c4ccc([nH]4)c(-c4ccc(CCC=C)cc4)c4nc(c(-c5ccc(C(=O)OC)cc5)c5ccc2[nH]5)C=C4)C=C3)cc1. The second-order valence-corrected chi connectivity index (χ2v) is 15.7. The molecular formula is C56H46N4O4. The topological polar surface area (TPSA) is 110 Å². The molecule has 0 fully saturated rings. The van der Waals surface area contributed by atoms with E-state index in [1.807, 2.05) is 36.4 Å². The number of methoxy groups -OCH3 is 2. The van der Waals surface area contributed by atoms with Crippen molar-refractivity contribution < 1.29 is 19.1 Å². The van der Waals surface area contributed by atoms with Crippen LogP contribution in [0.4, 0.5) is 0 Å². The Balaban J connectivity index is 1.38. The molecule has 8 bridgehead atoms. The highest BCUT2D eigenvalue weighted by Crippen LogP contribution is 2.39. The Kier molecular flexibility index (Phi) is 11.7. The largest absolute Gasteiger partial charge is 0.465 e. The number of aromatic amines is 2. The van der Waals surface area contributed by atoms with E-state index in [2.05, 4.69) is 120 Å². The molecule has 0 saturated heterocycles. The van der Waals surface area contributed by atoms with Gasteiger partial charge in [-0.1, -0.05) is 84.9 Å². The Bertz CT molecular complexity index is 2950. The first-order valence-electron chi connectivity index (χ1n) is 21.3. The first-order chi connectivity index (χ1) is 31.3. The zero-order valence-corrected chi connectivity index (χ0v) is 35.8. The molecule has 2 N–H and O–H groups in total. The Morgan fingerprint density at radius 3 is 1.00 bits per heavy atom. The van der Waals surface area contributed by atoms with E-state index in [1.54, 1.807) is 24.3 Å². The van der Waals surface area contributed by atoms with E-state index in [0.717, 1.165) is 115 Å². The quantitative estimate of drug-likeness (QED) is 0.0936. The van der Waals surface area contributed by atoms with Crippen LogP contribution in [0.15, 0.2) is 147 Å². The number of nitrogens with one attached hydrogen (secondary N) is 2. The second-order valence-electron chi connectivity index (χ2n) is 15.7. The third kappa shape index (κ3) is 8.17. The van der Waals surface area contributed by atoms with Crippen LogP contribution in [0.25, 0.3) is 90.9 Å². The number of aromatic nitrogens is 4. The number of carbonyl (C=O) groups is 2. The van der Waals surface area contributed by atoms with Crippen molar-refractivity contribution in [2.75, 3.05) is 14.2 Å². The van der Waals surface area contributed by atoms with Gasteiger partial charge in [0.15, 0.2) is 0 Å². The molecule has 0 saturated carbocycles. The van der Waals surface area contributed by atoms with Crippen LogP contribution in [0.2, 0.25) is 0 Å². The smallest absolute Gasteiger partial charge is 0.337 e. The number of aryl methyl sites for hydroxylation is 2. The van der Waals surface area contributed by atoms with Crippen LogP contribution in [-0.2, 0) is 22.3 Å². The fourth-order valence-corrected chi connectivity index (χ4v) is 8.42. The van der Waals surface area contributed by atoms with Gasteiger partial charge < -0.3 is 19.4 Å². The summed E-state index contributed by atoms with van der Waals surface area (Å²) in [5.74, 6) is -0.805. The van der Waals surface area contributed by atoms with Crippen molar-refractivity contribution in [2.24, 2.45) is 0 Å². The lowest BCUT2D eigenvalue weighted by molar-refractivity contribution is 0.0592. The maximum Gasteiger partial charge on any atom is 0.337 e. The zero-order chi connectivity index (χ0) is 44.2. The van der Waals surface area contributed by atoms with Crippen molar-refractivity contribution in [3.8, 4) is 44.5 Å². The van der Waals surface area contributed by atoms with E-state index in [9.17, 15) is 9.59 Å². The number of benzene rings is 4. The van der Waals surface area contributed by atoms with E-state index in [-0.39, 0.29) is 0 Å². The average Bonchev–Trinajstić information content (AvgIpc) is 4.19. The molecular weight excluding hydrogens is 793 g/mol. The second kappa shape index (κ2) is 18.1. The molecule has 3 aromatic heterocycles. The number of rotatable bonds is 12. The monoisotopic (exact) mass is 838 g/mol. The molecule has 0 radical (unpaired) electrons. The van der Waals surface area contributed by atoms with E-state index in [0.29, 0.717) is 11.1 Å². The summed E-state index contributed by atoms with van der Waals surface area (Å²) in [6, 6.07) is 40.5. The number of allylic oxidation sites excluding steroid dienone is 2. The summed E-state index contributed by atoms with van der Waals surface area (Å²) >= 11 is 0. The van der Waals surface area contributed by atoms with Crippen LogP contribution < -0.4 is 0 Å². The summed E-state index contributed by atoms with van der Waals surface area (Å²) in [6.07, 6.45) is 15.7. The normalized spacial score (nSPS) is 11.7. The van der Waals surface area contributed by atoms with E-state index in [1.165, 1.54) is 25.3 Å². The number of H-pyrrole nitrogens is 2. The molecule has 8 heteroatoms. The molecule has 0 amide bonds. The van der Waals surface area contributed by atoms with Gasteiger partial charge in [-0.25, -0.2) is 19.6 Å². The molecule has 4 aromatic carbocycles. The molecule has 0 atom stereocenters. The maximum absolute atomic E-state index is 12.5. The van der Waals surface area contributed by atoms with Gasteiger partial charge in [-0.15, -0.1) is 13.2 Å². The molecule has 2 aliphatic rings. The lowest BCUT2D eigenvalue weighted by atomic mass is 10.0. The molecule has 0 aliphatic carbocycles. The van der Waals surface area contributed by atoms with E-state index >= 15 is 0 Å². The Morgan fingerprint density at radius 2 is 0.734 bits per heavy atom.